The van der Waals surface area contributed by atoms with Gasteiger partial charge < -0.3 is 15.8 Å². The second-order valence-electron chi connectivity index (χ2n) is 5.58. The lowest BCUT2D eigenvalue weighted by Crippen LogP contribution is -2.04. The number of ketones is 1. The number of thiazole rings is 1. The Bertz CT molecular complexity index is 680. The highest BCUT2D eigenvalue weighted by atomic mass is 32.1. The number of hydrogen-bond donors (Lipinski definition) is 2. The van der Waals surface area contributed by atoms with Crippen molar-refractivity contribution in [2.75, 3.05) is 18.2 Å². The van der Waals surface area contributed by atoms with Crippen molar-refractivity contribution in [3.05, 3.63) is 28.6 Å². The van der Waals surface area contributed by atoms with Crippen molar-refractivity contribution in [3.8, 4) is 5.75 Å². The van der Waals surface area contributed by atoms with Gasteiger partial charge in [0.15, 0.2) is 10.9 Å². The van der Waals surface area contributed by atoms with Gasteiger partial charge in [-0.1, -0.05) is 31.3 Å². The van der Waals surface area contributed by atoms with Crippen LogP contribution in [0.25, 0.3) is 0 Å². The molecule has 3 N–H and O–H groups in total. The first-order valence-corrected chi connectivity index (χ1v) is 7.93. The van der Waals surface area contributed by atoms with E-state index in [1.165, 1.54) is 11.3 Å². The predicted molar refractivity (Wildman–Crippen MR) is 91.3 cm³/mol. The molecule has 0 spiro atoms. The van der Waals surface area contributed by atoms with Gasteiger partial charge in [0, 0.05) is 6.42 Å². The zero-order valence-corrected chi connectivity index (χ0v) is 14.1. The van der Waals surface area contributed by atoms with Crippen LogP contribution in [0.3, 0.4) is 0 Å². The van der Waals surface area contributed by atoms with Crippen molar-refractivity contribution in [1.29, 1.82) is 0 Å². The predicted octanol–water partition coefficient (Wildman–Crippen LogP) is 4.01. The van der Waals surface area contributed by atoms with Crippen molar-refractivity contribution >= 4 is 33.8 Å². The molecule has 0 aliphatic carbocycles. The zero-order valence-electron chi connectivity index (χ0n) is 13.3. The van der Waals surface area contributed by atoms with Gasteiger partial charge in [-0.2, -0.15) is 0 Å². The summed E-state index contributed by atoms with van der Waals surface area (Å²) in [5.41, 5.74) is 7.78. The molecule has 2 rings (SSSR count). The van der Waals surface area contributed by atoms with Gasteiger partial charge in [0.1, 0.15) is 16.4 Å². The number of Topliss-reactive ketones (excluding diaryl/α,β-unsaturated/α-hetero) is 1. The van der Waals surface area contributed by atoms with Gasteiger partial charge in [0.2, 0.25) is 0 Å². The zero-order chi connectivity index (χ0) is 16.3. The monoisotopic (exact) mass is 319 g/mol. The van der Waals surface area contributed by atoms with Crippen LogP contribution >= 0.6 is 11.3 Å². The third-order valence-electron chi connectivity index (χ3n) is 3.10. The third-order valence-corrected chi connectivity index (χ3v) is 4.12. The number of carbonyl (C=O) groups excluding carboxylic acids is 1. The first-order chi connectivity index (χ1) is 10.4. The molecule has 0 unspecified atom stereocenters. The number of ether oxygens (including phenoxy) is 1. The van der Waals surface area contributed by atoms with E-state index in [0.29, 0.717) is 22.3 Å². The molecule has 0 bridgehead atoms. The molecular formula is C16H21N3O2S. The van der Waals surface area contributed by atoms with Crippen LogP contribution in [0.4, 0.5) is 16.6 Å². The molecule has 1 heterocycles. The van der Waals surface area contributed by atoms with Crippen molar-refractivity contribution in [3.63, 3.8) is 0 Å². The molecule has 118 valence electrons. The van der Waals surface area contributed by atoms with Gasteiger partial charge in [-0.05, 0) is 30.5 Å². The highest BCUT2D eigenvalue weighted by Gasteiger charge is 2.18. The van der Waals surface area contributed by atoms with E-state index >= 15 is 0 Å². The van der Waals surface area contributed by atoms with Gasteiger partial charge in [-0.25, -0.2) is 4.98 Å². The molecule has 0 atom stereocenters. The molecular weight excluding hydrogens is 298 g/mol. The maximum absolute atomic E-state index is 12.2. The van der Waals surface area contributed by atoms with E-state index in [2.05, 4.69) is 10.3 Å². The number of nitrogens with one attached hydrogen (secondary N) is 1. The topological polar surface area (TPSA) is 77.2 Å². The Morgan fingerprint density at radius 2 is 2.18 bits per heavy atom. The molecule has 0 fully saturated rings. The second-order valence-corrected chi connectivity index (χ2v) is 6.58. The van der Waals surface area contributed by atoms with Crippen LogP contribution in [0, 0.1) is 12.8 Å². The lowest BCUT2D eigenvalue weighted by molar-refractivity contribution is 0.0972. The third kappa shape index (κ3) is 3.76. The summed E-state index contributed by atoms with van der Waals surface area (Å²) in [6.45, 7) is 6.01. The smallest absolute Gasteiger partial charge is 0.189 e. The Labute approximate surface area is 134 Å². The average molecular weight is 319 g/mol. The minimum atomic E-state index is 0.0363. The minimum Gasteiger partial charge on any atom is -0.495 e. The number of methoxy groups -OCH3 is 1. The Morgan fingerprint density at radius 1 is 1.45 bits per heavy atom. The summed E-state index contributed by atoms with van der Waals surface area (Å²) in [7, 11) is 1.61. The van der Waals surface area contributed by atoms with Crippen molar-refractivity contribution < 1.29 is 9.53 Å². The Balaban J connectivity index is 2.25. The standard InChI is InChI=1S/C16H21N3O2S/c1-9(2)7-12(20)14-15(17)19-16(22-14)18-11-8-10(3)5-6-13(11)21-4/h5-6,8-9H,7,17H2,1-4H3,(H,18,19). The molecule has 0 aliphatic rings. The first kappa shape index (κ1) is 16.3. The molecule has 22 heavy (non-hydrogen) atoms. The van der Waals surface area contributed by atoms with E-state index in [9.17, 15) is 4.79 Å². The van der Waals surface area contributed by atoms with Crippen LogP contribution < -0.4 is 15.8 Å². The SMILES string of the molecule is COc1ccc(C)cc1Nc1nc(N)c(C(=O)CC(C)C)s1. The summed E-state index contributed by atoms with van der Waals surface area (Å²) in [6.07, 6.45) is 0.472. The molecule has 1 aromatic heterocycles. The van der Waals surface area contributed by atoms with Crippen molar-refractivity contribution in [1.82, 2.24) is 4.98 Å². The van der Waals surface area contributed by atoms with Gasteiger partial charge in [0.05, 0.1) is 12.8 Å². The lowest BCUT2D eigenvalue weighted by atomic mass is 10.1. The van der Waals surface area contributed by atoms with Crippen molar-refractivity contribution in [2.24, 2.45) is 5.92 Å². The van der Waals surface area contributed by atoms with Gasteiger partial charge in [-0.3, -0.25) is 4.79 Å². The van der Waals surface area contributed by atoms with E-state index in [1.54, 1.807) is 7.11 Å². The van der Waals surface area contributed by atoms with Crippen LogP contribution in [0.5, 0.6) is 5.75 Å². The quantitative estimate of drug-likeness (QED) is 0.787. The molecule has 2 aromatic rings. The number of benzene rings is 1. The fourth-order valence-electron chi connectivity index (χ4n) is 2.08. The van der Waals surface area contributed by atoms with Crippen LogP contribution in [0.2, 0.25) is 0 Å². The van der Waals surface area contributed by atoms with Crippen LogP contribution in [0.15, 0.2) is 18.2 Å². The number of anilines is 3. The number of nitrogen functional groups attached to an aromatic ring is 1. The number of aromatic nitrogens is 1. The average Bonchev–Trinajstić information content (AvgIpc) is 2.79. The van der Waals surface area contributed by atoms with Crippen LogP contribution in [-0.2, 0) is 0 Å². The first-order valence-electron chi connectivity index (χ1n) is 7.12. The summed E-state index contributed by atoms with van der Waals surface area (Å²) in [5.74, 6) is 1.33. The van der Waals surface area contributed by atoms with E-state index in [0.717, 1.165) is 17.0 Å². The lowest BCUT2D eigenvalue weighted by Gasteiger charge is -2.09. The fourth-order valence-corrected chi connectivity index (χ4v) is 2.93. The summed E-state index contributed by atoms with van der Waals surface area (Å²) >= 11 is 1.28. The van der Waals surface area contributed by atoms with Crippen LogP contribution in [-0.4, -0.2) is 17.9 Å². The van der Waals surface area contributed by atoms with Crippen LogP contribution in [0.1, 0.15) is 35.5 Å². The van der Waals surface area contributed by atoms with Gasteiger partial charge >= 0.3 is 0 Å². The maximum Gasteiger partial charge on any atom is 0.189 e. The molecule has 6 heteroatoms. The summed E-state index contributed by atoms with van der Waals surface area (Å²) in [5, 5.41) is 3.78. The molecule has 0 aliphatic heterocycles. The Kier molecular flexibility index (Phi) is 5.03. The minimum absolute atomic E-state index is 0.0363. The normalized spacial score (nSPS) is 10.8. The maximum atomic E-state index is 12.2. The number of carbonyl (C=O) groups is 1. The van der Waals surface area contributed by atoms with Crippen molar-refractivity contribution in [2.45, 2.75) is 27.2 Å². The number of nitrogens with zero attached hydrogens (tertiary/aromatic N) is 1. The second kappa shape index (κ2) is 6.79. The molecule has 5 nitrogen and oxygen atoms in total. The van der Waals surface area contributed by atoms with Gasteiger partial charge in [-0.15, -0.1) is 0 Å². The fraction of sp³-hybridized carbons (Fsp3) is 0.375. The van der Waals surface area contributed by atoms with E-state index in [4.69, 9.17) is 10.5 Å². The van der Waals surface area contributed by atoms with E-state index < -0.39 is 0 Å². The number of hydrogen-bond acceptors (Lipinski definition) is 6. The molecule has 0 saturated heterocycles. The van der Waals surface area contributed by atoms with E-state index in [-0.39, 0.29) is 11.6 Å². The number of rotatable bonds is 6. The number of aryl methyl sites for hydroxylation is 1. The highest BCUT2D eigenvalue weighted by Crippen LogP contribution is 2.33. The molecule has 0 amide bonds. The Morgan fingerprint density at radius 3 is 2.82 bits per heavy atom. The Hall–Kier alpha value is -2.08. The highest BCUT2D eigenvalue weighted by molar-refractivity contribution is 7.18. The summed E-state index contributed by atoms with van der Waals surface area (Å²) < 4.78 is 5.33. The summed E-state index contributed by atoms with van der Waals surface area (Å²) in [6, 6.07) is 5.82. The molecule has 0 radical (unpaired) electrons. The van der Waals surface area contributed by atoms with E-state index in [1.807, 2.05) is 39.0 Å². The molecule has 1 aromatic carbocycles. The number of nitrogens with two attached hydrogens (primary N) is 1. The molecule has 0 saturated carbocycles. The summed E-state index contributed by atoms with van der Waals surface area (Å²) in [4.78, 5) is 16.9. The largest absolute Gasteiger partial charge is 0.495 e. The van der Waals surface area contributed by atoms with Gasteiger partial charge in [0.25, 0.3) is 0 Å².